The molecule has 1 aromatic carbocycles. The van der Waals surface area contributed by atoms with E-state index in [9.17, 15) is 0 Å². The van der Waals surface area contributed by atoms with Crippen molar-refractivity contribution in [2.75, 3.05) is 20.3 Å². The molecule has 0 aliphatic heterocycles. The van der Waals surface area contributed by atoms with Crippen LogP contribution in [0.5, 0.6) is 0 Å². The standard InChI is InChI=1S/C15H20N2O/c1-3-9-18-11-15(16-2)13-7-6-12-5-4-8-17-14(12)10-13/h4-8,10,15-16H,3,9,11H2,1-2H3. The van der Waals surface area contributed by atoms with Gasteiger partial charge < -0.3 is 10.1 Å². The number of nitrogens with zero attached hydrogens (tertiary/aromatic N) is 1. The van der Waals surface area contributed by atoms with Crippen LogP contribution in [0.15, 0.2) is 36.5 Å². The normalized spacial score (nSPS) is 12.8. The number of ether oxygens (including phenoxy) is 1. The van der Waals surface area contributed by atoms with Crippen molar-refractivity contribution >= 4 is 10.9 Å². The highest BCUT2D eigenvalue weighted by Crippen LogP contribution is 2.19. The molecule has 3 heteroatoms. The van der Waals surface area contributed by atoms with Crippen LogP contribution in [0.3, 0.4) is 0 Å². The first-order valence-electron chi connectivity index (χ1n) is 6.45. The Kier molecular flexibility index (Phi) is 4.67. The summed E-state index contributed by atoms with van der Waals surface area (Å²) in [7, 11) is 1.96. The Morgan fingerprint density at radius 3 is 3.00 bits per heavy atom. The fourth-order valence-corrected chi connectivity index (χ4v) is 1.99. The van der Waals surface area contributed by atoms with Gasteiger partial charge in [0.1, 0.15) is 0 Å². The Labute approximate surface area is 108 Å². The molecule has 1 atom stereocenters. The van der Waals surface area contributed by atoms with E-state index in [-0.39, 0.29) is 6.04 Å². The van der Waals surface area contributed by atoms with E-state index in [0.29, 0.717) is 6.61 Å². The third kappa shape index (κ3) is 3.06. The van der Waals surface area contributed by atoms with Crippen molar-refractivity contribution < 1.29 is 4.74 Å². The maximum Gasteiger partial charge on any atom is 0.0705 e. The molecule has 0 bridgehead atoms. The highest BCUT2D eigenvalue weighted by Gasteiger charge is 2.09. The largest absolute Gasteiger partial charge is 0.379 e. The van der Waals surface area contributed by atoms with Crippen LogP contribution in [0.1, 0.15) is 24.9 Å². The minimum Gasteiger partial charge on any atom is -0.379 e. The fourth-order valence-electron chi connectivity index (χ4n) is 1.99. The number of nitrogens with one attached hydrogen (secondary N) is 1. The lowest BCUT2D eigenvalue weighted by molar-refractivity contribution is 0.114. The minimum atomic E-state index is 0.225. The molecule has 0 aliphatic rings. The number of aromatic nitrogens is 1. The zero-order chi connectivity index (χ0) is 12.8. The number of benzene rings is 1. The number of rotatable bonds is 6. The molecule has 1 N–H and O–H groups in total. The molecule has 0 aliphatic carbocycles. The molecule has 0 saturated carbocycles. The van der Waals surface area contributed by atoms with Crippen LogP contribution in [-0.2, 0) is 4.74 Å². The lowest BCUT2D eigenvalue weighted by Crippen LogP contribution is -2.22. The van der Waals surface area contributed by atoms with Crippen LogP contribution < -0.4 is 5.32 Å². The molecule has 3 nitrogen and oxygen atoms in total. The average molecular weight is 244 g/mol. The fraction of sp³-hybridized carbons (Fsp3) is 0.400. The Balaban J connectivity index is 2.17. The van der Waals surface area contributed by atoms with Gasteiger partial charge in [0.25, 0.3) is 0 Å². The van der Waals surface area contributed by atoms with Gasteiger partial charge in [-0.15, -0.1) is 0 Å². The first-order valence-corrected chi connectivity index (χ1v) is 6.45. The zero-order valence-electron chi connectivity index (χ0n) is 11.0. The summed E-state index contributed by atoms with van der Waals surface area (Å²) in [6.07, 6.45) is 2.88. The molecule has 96 valence electrons. The summed E-state index contributed by atoms with van der Waals surface area (Å²) in [6.45, 7) is 3.63. The van der Waals surface area contributed by atoms with Gasteiger partial charge in [0.2, 0.25) is 0 Å². The van der Waals surface area contributed by atoms with Crippen molar-refractivity contribution in [1.82, 2.24) is 10.3 Å². The Morgan fingerprint density at radius 1 is 1.33 bits per heavy atom. The topological polar surface area (TPSA) is 34.1 Å². The first-order chi connectivity index (χ1) is 8.85. The summed E-state index contributed by atoms with van der Waals surface area (Å²) in [4.78, 5) is 4.39. The highest BCUT2D eigenvalue weighted by atomic mass is 16.5. The lowest BCUT2D eigenvalue weighted by Gasteiger charge is -2.17. The van der Waals surface area contributed by atoms with E-state index in [1.807, 2.05) is 19.3 Å². The second-order valence-corrected chi connectivity index (χ2v) is 4.37. The molecular formula is C15H20N2O. The van der Waals surface area contributed by atoms with Crippen LogP contribution in [0.4, 0.5) is 0 Å². The van der Waals surface area contributed by atoms with Crippen LogP contribution in [0, 0.1) is 0 Å². The van der Waals surface area contributed by atoms with E-state index < -0.39 is 0 Å². The van der Waals surface area contributed by atoms with E-state index in [2.05, 4.69) is 41.5 Å². The van der Waals surface area contributed by atoms with Gasteiger partial charge >= 0.3 is 0 Å². The van der Waals surface area contributed by atoms with Gasteiger partial charge in [0.05, 0.1) is 18.2 Å². The summed E-state index contributed by atoms with van der Waals surface area (Å²) in [5.41, 5.74) is 2.26. The monoisotopic (exact) mass is 244 g/mol. The maximum atomic E-state index is 5.62. The molecule has 0 saturated heterocycles. The third-order valence-electron chi connectivity index (χ3n) is 3.01. The Morgan fingerprint density at radius 2 is 2.22 bits per heavy atom. The molecule has 2 rings (SSSR count). The molecule has 0 spiro atoms. The summed E-state index contributed by atoms with van der Waals surface area (Å²) in [5.74, 6) is 0. The molecular weight excluding hydrogens is 224 g/mol. The number of fused-ring (bicyclic) bond motifs is 1. The van der Waals surface area contributed by atoms with Gasteiger partial charge in [-0.2, -0.15) is 0 Å². The van der Waals surface area contributed by atoms with Crippen LogP contribution in [0.25, 0.3) is 10.9 Å². The van der Waals surface area contributed by atoms with Gasteiger partial charge in [-0.3, -0.25) is 4.98 Å². The summed E-state index contributed by atoms with van der Waals surface area (Å²) in [6, 6.07) is 10.6. The number of hydrogen-bond acceptors (Lipinski definition) is 3. The second kappa shape index (κ2) is 6.47. The minimum absolute atomic E-state index is 0.225. The van der Waals surface area contributed by atoms with Crippen LogP contribution in [0.2, 0.25) is 0 Å². The molecule has 2 aromatic rings. The summed E-state index contributed by atoms with van der Waals surface area (Å²) < 4.78 is 5.62. The smallest absolute Gasteiger partial charge is 0.0705 e. The van der Waals surface area contributed by atoms with E-state index >= 15 is 0 Å². The van der Waals surface area contributed by atoms with Gasteiger partial charge in [-0.1, -0.05) is 25.1 Å². The number of likely N-dealkylation sites (N-methyl/N-ethyl adjacent to an activating group) is 1. The summed E-state index contributed by atoms with van der Waals surface area (Å²) in [5, 5.41) is 4.46. The number of pyridine rings is 1. The van der Waals surface area contributed by atoms with Gasteiger partial charge in [-0.25, -0.2) is 0 Å². The molecule has 1 unspecified atom stereocenters. The first kappa shape index (κ1) is 13.0. The quantitative estimate of drug-likeness (QED) is 0.793. The molecule has 0 fully saturated rings. The van der Waals surface area contributed by atoms with Crippen LogP contribution in [-0.4, -0.2) is 25.2 Å². The third-order valence-corrected chi connectivity index (χ3v) is 3.01. The Hall–Kier alpha value is -1.45. The van der Waals surface area contributed by atoms with Gasteiger partial charge in [0.15, 0.2) is 0 Å². The van der Waals surface area contributed by atoms with Crippen molar-refractivity contribution in [2.45, 2.75) is 19.4 Å². The van der Waals surface area contributed by atoms with Gasteiger partial charge in [-0.05, 0) is 31.2 Å². The van der Waals surface area contributed by atoms with Crippen molar-refractivity contribution in [1.29, 1.82) is 0 Å². The predicted molar refractivity (Wildman–Crippen MR) is 74.7 cm³/mol. The lowest BCUT2D eigenvalue weighted by atomic mass is 10.1. The SMILES string of the molecule is CCCOCC(NC)c1ccc2cccnc2c1. The van der Waals surface area contributed by atoms with Crippen LogP contribution >= 0.6 is 0 Å². The van der Waals surface area contributed by atoms with Gasteiger partial charge in [0, 0.05) is 18.2 Å². The molecule has 1 heterocycles. The van der Waals surface area contributed by atoms with E-state index in [0.717, 1.165) is 18.5 Å². The molecule has 0 amide bonds. The van der Waals surface area contributed by atoms with Crippen molar-refractivity contribution in [3.63, 3.8) is 0 Å². The molecule has 18 heavy (non-hydrogen) atoms. The molecule has 0 radical (unpaired) electrons. The zero-order valence-corrected chi connectivity index (χ0v) is 11.0. The maximum absolute atomic E-state index is 5.62. The second-order valence-electron chi connectivity index (χ2n) is 4.37. The molecule has 1 aromatic heterocycles. The average Bonchev–Trinajstić information content (AvgIpc) is 2.43. The highest BCUT2D eigenvalue weighted by molar-refractivity contribution is 5.78. The van der Waals surface area contributed by atoms with E-state index in [1.165, 1.54) is 10.9 Å². The summed E-state index contributed by atoms with van der Waals surface area (Å²) >= 11 is 0. The van der Waals surface area contributed by atoms with E-state index in [4.69, 9.17) is 4.74 Å². The van der Waals surface area contributed by atoms with Crippen molar-refractivity contribution in [3.05, 3.63) is 42.1 Å². The number of hydrogen-bond donors (Lipinski definition) is 1. The van der Waals surface area contributed by atoms with E-state index in [1.54, 1.807) is 0 Å². The van der Waals surface area contributed by atoms with Crippen molar-refractivity contribution in [3.8, 4) is 0 Å². The Bertz CT molecular complexity index is 499. The predicted octanol–water partition coefficient (Wildman–Crippen LogP) is 2.92. The van der Waals surface area contributed by atoms with Crippen molar-refractivity contribution in [2.24, 2.45) is 0 Å².